The Morgan fingerprint density at radius 2 is 1.88 bits per heavy atom. The summed E-state index contributed by atoms with van der Waals surface area (Å²) in [5.74, 6) is -0.870. The maximum absolute atomic E-state index is 11.8. The first-order valence-corrected chi connectivity index (χ1v) is 6.08. The van der Waals surface area contributed by atoms with E-state index in [4.69, 9.17) is 0 Å². The summed E-state index contributed by atoms with van der Waals surface area (Å²) in [5.41, 5.74) is 0.941. The summed E-state index contributed by atoms with van der Waals surface area (Å²) in [6, 6.07) is 0. The van der Waals surface area contributed by atoms with Gasteiger partial charge < -0.3 is 4.74 Å². The predicted molar refractivity (Wildman–Crippen MR) is 60.9 cm³/mol. The van der Waals surface area contributed by atoms with Gasteiger partial charge in [0.25, 0.3) is 11.8 Å². The van der Waals surface area contributed by atoms with Crippen molar-refractivity contribution in [2.45, 2.75) is 12.8 Å². The molecule has 0 saturated carbocycles. The molecule has 2 heterocycles. The van der Waals surface area contributed by atoms with Crippen molar-refractivity contribution >= 4 is 29.1 Å². The highest BCUT2D eigenvalue weighted by Gasteiger charge is 2.35. The van der Waals surface area contributed by atoms with Crippen LogP contribution in [0.4, 0.5) is 0 Å². The minimum Gasteiger partial charge on any atom is -0.469 e. The van der Waals surface area contributed by atoms with Crippen molar-refractivity contribution < 1.29 is 19.1 Å². The Kier molecular flexibility index (Phi) is 3.23. The molecule has 0 radical (unpaired) electrons. The third-order valence-electron chi connectivity index (χ3n) is 2.60. The summed E-state index contributed by atoms with van der Waals surface area (Å²) in [7, 11) is 1.31. The summed E-state index contributed by atoms with van der Waals surface area (Å²) in [6.45, 7) is 0.256. The number of carbonyl (C=O) groups excluding carboxylic acids is 3. The summed E-state index contributed by atoms with van der Waals surface area (Å²) in [5, 5.41) is 3.35. The number of hydrogen-bond acceptors (Lipinski definition) is 5. The van der Waals surface area contributed by atoms with Crippen LogP contribution in [0.15, 0.2) is 10.8 Å². The van der Waals surface area contributed by atoms with Crippen LogP contribution < -0.4 is 0 Å². The number of carbonyl (C=O) groups is 3. The van der Waals surface area contributed by atoms with Crippen LogP contribution in [0.1, 0.15) is 33.6 Å². The molecule has 0 atom stereocenters. The lowest BCUT2D eigenvalue weighted by molar-refractivity contribution is -0.140. The molecule has 1 aliphatic heterocycles. The summed E-state index contributed by atoms with van der Waals surface area (Å²) < 4.78 is 4.49. The number of hydrogen-bond donors (Lipinski definition) is 0. The smallest absolute Gasteiger partial charge is 0.305 e. The molecule has 5 nitrogen and oxygen atoms in total. The molecule has 0 aliphatic carbocycles. The Balaban J connectivity index is 1.96. The summed E-state index contributed by atoms with van der Waals surface area (Å²) >= 11 is 1.34. The molecule has 1 aromatic heterocycles. The normalized spacial score (nSPS) is 14.1. The Morgan fingerprint density at radius 1 is 1.29 bits per heavy atom. The van der Waals surface area contributed by atoms with Crippen LogP contribution in [0.2, 0.25) is 0 Å². The first-order chi connectivity index (χ1) is 8.15. The molecule has 0 aromatic carbocycles. The Bertz CT molecular complexity index is 449. The minimum atomic E-state index is -0.335. The van der Waals surface area contributed by atoms with Crippen molar-refractivity contribution in [3.8, 4) is 0 Å². The van der Waals surface area contributed by atoms with Crippen molar-refractivity contribution in [2.24, 2.45) is 0 Å². The third-order valence-corrected chi connectivity index (χ3v) is 3.35. The molecular formula is C11H11NO4S. The van der Waals surface area contributed by atoms with Crippen molar-refractivity contribution in [1.29, 1.82) is 0 Å². The van der Waals surface area contributed by atoms with E-state index in [2.05, 4.69) is 4.74 Å². The van der Waals surface area contributed by atoms with Gasteiger partial charge in [-0.3, -0.25) is 19.3 Å². The average molecular weight is 253 g/mol. The van der Waals surface area contributed by atoms with Crippen LogP contribution in [0.25, 0.3) is 0 Å². The zero-order valence-electron chi connectivity index (χ0n) is 9.26. The highest BCUT2D eigenvalue weighted by Crippen LogP contribution is 2.26. The second-order valence-corrected chi connectivity index (χ2v) is 4.38. The van der Waals surface area contributed by atoms with E-state index in [1.165, 1.54) is 23.3 Å². The van der Waals surface area contributed by atoms with E-state index in [-0.39, 0.29) is 30.7 Å². The SMILES string of the molecule is COC(=O)CCCN1C(=O)c2cscc2C1=O. The lowest BCUT2D eigenvalue weighted by Crippen LogP contribution is -2.31. The number of nitrogens with zero attached hydrogens (tertiary/aromatic N) is 1. The van der Waals surface area contributed by atoms with E-state index in [9.17, 15) is 14.4 Å². The Labute approximate surface area is 102 Å². The summed E-state index contributed by atoms with van der Waals surface area (Å²) in [6.07, 6.45) is 0.637. The predicted octanol–water partition coefficient (Wildman–Crippen LogP) is 1.30. The van der Waals surface area contributed by atoms with E-state index in [0.29, 0.717) is 17.5 Å². The van der Waals surface area contributed by atoms with E-state index in [0.717, 1.165) is 0 Å². The molecule has 6 heteroatoms. The maximum Gasteiger partial charge on any atom is 0.305 e. The van der Waals surface area contributed by atoms with Crippen LogP contribution in [-0.4, -0.2) is 36.3 Å². The van der Waals surface area contributed by atoms with Gasteiger partial charge >= 0.3 is 5.97 Å². The topological polar surface area (TPSA) is 63.7 Å². The molecule has 2 amide bonds. The lowest BCUT2D eigenvalue weighted by atomic mass is 10.2. The van der Waals surface area contributed by atoms with E-state index < -0.39 is 0 Å². The molecule has 1 aromatic rings. The number of ether oxygens (including phenoxy) is 1. The molecule has 2 rings (SSSR count). The third kappa shape index (κ3) is 2.08. The average Bonchev–Trinajstić information content (AvgIpc) is 2.88. The molecule has 0 spiro atoms. The number of thiophene rings is 1. The van der Waals surface area contributed by atoms with E-state index in [1.807, 2.05) is 0 Å². The molecule has 0 saturated heterocycles. The van der Waals surface area contributed by atoms with Crippen molar-refractivity contribution in [2.75, 3.05) is 13.7 Å². The highest BCUT2D eigenvalue weighted by molar-refractivity contribution is 7.08. The first-order valence-electron chi connectivity index (χ1n) is 5.14. The number of amides is 2. The minimum absolute atomic E-state index is 0.209. The Morgan fingerprint density at radius 3 is 2.41 bits per heavy atom. The second kappa shape index (κ2) is 4.67. The second-order valence-electron chi connectivity index (χ2n) is 3.64. The van der Waals surface area contributed by atoms with Gasteiger partial charge in [-0.2, -0.15) is 11.3 Å². The van der Waals surface area contributed by atoms with Crippen LogP contribution in [0, 0.1) is 0 Å². The van der Waals surface area contributed by atoms with Gasteiger partial charge in [-0.05, 0) is 6.42 Å². The van der Waals surface area contributed by atoms with Gasteiger partial charge in [-0.15, -0.1) is 0 Å². The molecule has 0 fully saturated rings. The van der Waals surface area contributed by atoms with Crippen LogP contribution in [-0.2, 0) is 9.53 Å². The fourth-order valence-electron chi connectivity index (χ4n) is 1.70. The van der Waals surface area contributed by atoms with Crippen molar-refractivity contribution in [1.82, 2.24) is 4.90 Å². The fourth-order valence-corrected chi connectivity index (χ4v) is 2.49. The van der Waals surface area contributed by atoms with Crippen LogP contribution in [0.3, 0.4) is 0 Å². The van der Waals surface area contributed by atoms with Gasteiger partial charge in [-0.1, -0.05) is 0 Å². The molecule has 0 unspecified atom stereocenters. The largest absolute Gasteiger partial charge is 0.469 e. The first kappa shape index (κ1) is 11.8. The monoisotopic (exact) mass is 253 g/mol. The molecule has 0 bridgehead atoms. The van der Waals surface area contributed by atoms with Gasteiger partial charge in [-0.25, -0.2) is 0 Å². The fraction of sp³-hybridized carbons (Fsp3) is 0.364. The molecule has 0 N–H and O–H groups in total. The molecule has 17 heavy (non-hydrogen) atoms. The van der Waals surface area contributed by atoms with Gasteiger partial charge in [0.15, 0.2) is 0 Å². The number of imide groups is 1. The van der Waals surface area contributed by atoms with Gasteiger partial charge in [0.1, 0.15) is 0 Å². The van der Waals surface area contributed by atoms with E-state index in [1.54, 1.807) is 10.8 Å². The van der Waals surface area contributed by atoms with Crippen molar-refractivity contribution in [3.63, 3.8) is 0 Å². The maximum atomic E-state index is 11.8. The van der Waals surface area contributed by atoms with Crippen molar-refractivity contribution in [3.05, 3.63) is 21.9 Å². The summed E-state index contributed by atoms with van der Waals surface area (Å²) in [4.78, 5) is 35.7. The van der Waals surface area contributed by atoms with Crippen LogP contribution >= 0.6 is 11.3 Å². The number of fused-ring (bicyclic) bond motifs is 1. The number of rotatable bonds is 4. The molecular weight excluding hydrogens is 242 g/mol. The lowest BCUT2D eigenvalue weighted by Gasteiger charge is -2.13. The van der Waals surface area contributed by atoms with Gasteiger partial charge in [0.05, 0.1) is 18.2 Å². The molecule has 90 valence electrons. The highest BCUT2D eigenvalue weighted by atomic mass is 32.1. The molecule has 1 aliphatic rings. The zero-order chi connectivity index (χ0) is 12.4. The quantitative estimate of drug-likeness (QED) is 0.599. The Hall–Kier alpha value is -1.69. The van der Waals surface area contributed by atoms with Gasteiger partial charge in [0.2, 0.25) is 0 Å². The number of esters is 1. The van der Waals surface area contributed by atoms with Crippen LogP contribution in [0.5, 0.6) is 0 Å². The van der Waals surface area contributed by atoms with E-state index >= 15 is 0 Å². The number of methoxy groups -OCH3 is 1. The van der Waals surface area contributed by atoms with Gasteiger partial charge in [0, 0.05) is 23.7 Å². The standard InChI is InChI=1S/C11H11NO4S/c1-16-9(13)3-2-4-12-10(14)7-5-17-6-8(7)11(12)15/h5-6H,2-4H2,1H3. The zero-order valence-corrected chi connectivity index (χ0v) is 10.1.